The molecule has 1 heterocycles. The van der Waals surface area contributed by atoms with Crippen molar-refractivity contribution in [2.24, 2.45) is 0 Å². The van der Waals surface area contributed by atoms with E-state index in [1.165, 1.54) is 12.0 Å². The second kappa shape index (κ2) is 9.26. The second-order valence-corrected chi connectivity index (χ2v) is 7.21. The third-order valence-electron chi connectivity index (χ3n) is 3.38. The van der Waals surface area contributed by atoms with E-state index in [9.17, 15) is 14.4 Å². The molecule has 1 aliphatic rings. The highest BCUT2D eigenvalue weighted by atomic mass is 127. The summed E-state index contributed by atoms with van der Waals surface area (Å²) in [6.45, 7) is 4.09. The van der Waals surface area contributed by atoms with E-state index in [2.05, 4.69) is 27.3 Å². The number of hydrogen-bond donors (Lipinski definition) is 0. The van der Waals surface area contributed by atoms with Crippen LogP contribution < -0.4 is 9.47 Å². The van der Waals surface area contributed by atoms with Crippen molar-refractivity contribution in [3.63, 3.8) is 0 Å². The minimum Gasteiger partial charge on any atom is -0.490 e. The van der Waals surface area contributed by atoms with E-state index in [0.29, 0.717) is 38.7 Å². The molecule has 0 atom stereocenters. The van der Waals surface area contributed by atoms with Crippen LogP contribution in [0.3, 0.4) is 0 Å². The highest BCUT2D eigenvalue weighted by Gasteiger charge is 2.33. The normalized spacial score (nSPS) is 15.5. The summed E-state index contributed by atoms with van der Waals surface area (Å²) in [5, 5.41) is -0.276. The van der Waals surface area contributed by atoms with Crippen molar-refractivity contribution >= 4 is 57.5 Å². The Kier molecular flexibility index (Phi) is 7.33. The van der Waals surface area contributed by atoms with Crippen LogP contribution >= 0.6 is 34.4 Å². The van der Waals surface area contributed by atoms with E-state index in [1.807, 2.05) is 6.92 Å². The van der Waals surface area contributed by atoms with Gasteiger partial charge in [0.25, 0.3) is 11.1 Å². The number of nitrogens with zero attached hydrogens (tertiary/aromatic N) is 1. The summed E-state index contributed by atoms with van der Waals surface area (Å²) < 4.78 is 16.4. The van der Waals surface area contributed by atoms with Crippen LogP contribution in [-0.2, 0) is 14.3 Å². The largest absolute Gasteiger partial charge is 0.490 e. The number of imide groups is 1. The van der Waals surface area contributed by atoms with Gasteiger partial charge in [-0.3, -0.25) is 14.5 Å². The third kappa shape index (κ3) is 4.70. The summed E-state index contributed by atoms with van der Waals surface area (Å²) in [5.41, 5.74) is 0.699. The topological polar surface area (TPSA) is 82.1 Å². The van der Waals surface area contributed by atoms with Crippen molar-refractivity contribution in [1.29, 1.82) is 0 Å². The fraction of sp³-hybridized carbons (Fsp3) is 0.353. The molecule has 1 aromatic rings. The zero-order chi connectivity index (χ0) is 19.3. The number of benzene rings is 1. The number of thioether (sulfide) groups is 1. The maximum atomic E-state index is 12.2. The summed E-state index contributed by atoms with van der Waals surface area (Å²) in [5.74, 6) is 0.0722. The van der Waals surface area contributed by atoms with E-state index in [1.54, 1.807) is 25.1 Å². The lowest BCUT2D eigenvalue weighted by Crippen LogP contribution is -2.27. The summed E-state index contributed by atoms with van der Waals surface area (Å²) in [4.78, 5) is 36.9. The molecule has 0 unspecified atom stereocenters. The number of amides is 2. The number of carbonyl (C=O) groups excluding carboxylic acids is 3. The van der Waals surface area contributed by atoms with Gasteiger partial charge >= 0.3 is 5.97 Å². The van der Waals surface area contributed by atoms with Crippen molar-refractivity contribution in [3.05, 3.63) is 26.2 Å². The van der Waals surface area contributed by atoms with Gasteiger partial charge in [0.1, 0.15) is 0 Å². The number of carbonyl (C=O) groups is 3. The molecule has 140 valence electrons. The maximum absolute atomic E-state index is 12.2. The molecular formula is C17H18INO6S. The van der Waals surface area contributed by atoms with Gasteiger partial charge in [0, 0.05) is 6.54 Å². The number of rotatable bonds is 7. The fourth-order valence-electron chi connectivity index (χ4n) is 2.19. The zero-order valence-electron chi connectivity index (χ0n) is 14.5. The van der Waals surface area contributed by atoms with Crippen LogP contribution in [0.4, 0.5) is 4.79 Å². The highest BCUT2D eigenvalue weighted by Crippen LogP contribution is 2.37. The molecule has 26 heavy (non-hydrogen) atoms. The predicted molar refractivity (Wildman–Crippen MR) is 106 cm³/mol. The van der Waals surface area contributed by atoms with Crippen LogP contribution in [0.25, 0.3) is 6.08 Å². The fourth-order valence-corrected chi connectivity index (χ4v) is 3.87. The van der Waals surface area contributed by atoms with E-state index in [4.69, 9.17) is 9.47 Å². The zero-order valence-corrected chi connectivity index (χ0v) is 17.5. The molecule has 2 rings (SSSR count). The minimum absolute atomic E-state index is 0.235. The number of likely N-dealkylation sites (N-methyl/N-ethyl adjacent to an activating group) is 1. The van der Waals surface area contributed by atoms with Crippen LogP contribution in [0.15, 0.2) is 17.0 Å². The van der Waals surface area contributed by atoms with Crippen LogP contribution in [0.2, 0.25) is 0 Å². The average molecular weight is 491 g/mol. The molecule has 0 spiro atoms. The van der Waals surface area contributed by atoms with Crippen LogP contribution in [0.5, 0.6) is 11.5 Å². The summed E-state index contributed by atoms with van der Waals surface area (Å²) in [7, 11) is 1.28. The molecule has 9 heteroatoms. The molecule has 0 bridgehead atoms. The highest BCUT2D eigenvalue weighted by molar-refractivity contribution is 14.1. The minimum atomic E-state index is -0.499. The van der Waals surface area contributed by atoms with E-state index in [0.717, 1.165) is 11.8 Å². The average Bonchev–Trinajstić information content (AvgIpc) is 2.87. The SMILES string of the molecule is CCOc1cc(/C=C2/SC(=O)N(CC)C2=O)cc(I)c1OCC(=O)OC. The molecule has 0 N–H and O–H groups in total. The molecular weight excluding hydrogens is 473 g/mol. The summed E-state index contributed by atoms with van der Waals surface area (Å²) in [6, 6.07) is 3.49. The Morgan fingerprint density at radius 3 is 2.58 bits per heavy atom. The lowest BCUT2D eigenvalue weighted by atomic mass is 10.2. The van der Waals surface area contributed by atoms with Gasteiger partial charge in [-0.25, -0.2) is 4.79 Å². The Balaban J connectivity index is 2.33. The second-order valence-electron chi connectivity index (χ2n) is 5.05. The number of esters is 1. The first-order valence-electron chi connectivity index (χ1n) is 7.82. The quantitative estimate of drug-likeness (QED) is 0.329. The van der Waals surface area contributed by atoms with Crippen LogP contribution in [0, 0.1) is 3.57 Å². The van der Waals surface area contributed by atoms with Crippen molar-refractivity contribution < 1.29 is 28.6 Å². The van der Waals surface area contributed by atoms with Gasteiger partial charge in [-0.2, -0.15) is 0 Å². The van der Waals surface area contributed by atoms with Crippen molar-refractivity contribution in [2.75, 3.05) is 26.9 Å². The van der Waals surface area contributed by atoms with Gasteiger partial charge in [0.2, 0.25) is 0 Å². The van der Waals surface area contributed by atoms with Crippen LogP contribution in [0.1, 0.15) is 19.4 Å². The maximum Gasteiger partial charge on any atom is 0.343 e. The first kappa shape index (κ1) is 20.6. The monoisotopic (exact) mass is 491 g/mol. The Hall–Kier alpha value is -1.75. The van der Waals surface area contributed by atoms with Crippen LogP contribution in [-0.4, -0.2) is 48.9 Å². The lowest BCUT2D eigenvalue weighted by molar-refractivity contribution is -0.143. The number of methoxy groups -OCH3 is 1. The first-order chi connectivity index (χ1) is 12.4. The summed E-state index contributed by atoms with van der Waals surface area (Å²) >= 11 is 2.97. The van der Waals surface area contributed by atoms with Crippen molar-refractivity contribution in [3.8, 4) is 11.5 Å². The molecule has 1 aromatic carbocycles. The lowest BCUT2D eigenvalue weighted by Gasteiger charge is -2.14. The Labute approximate surface area is 169 Å². The molecule has 1 saturated heterocycles. The molecule has 0 saturated carbocycles. The van der Waals surface area contributed by atoms with Gasteiger partial charge in [-0.05, 0) is 72.0 Å². The molecule has 2 amide bonds. The Morgan fingerprint density at radius 2 is 2.00 bits per heavy atom. The van der Waals surface area contributed by atoms with Gasteiger partial charge in [-0.15, -0.1) is 0 Å². The van der Waals surface area contributed by atoms with Crippen molar-refractivity contribution in [2.45, 2.75) is 13.8 Å². The van der Waals surface area contributed by atoms with E-state index in [-0.39, 0.29) is 17.8 Å². The third-order valence-corrected chi connectivity index (χ3v) is 5.09. The van der Waals surface area contributed by atoms with Gasteiger partial charge in [-0.1, -0.05) is 0 Å². The molecule has 7 nitrogen and oxygen atoms in total. The smallest absolute Gasteiger partial charge is 0.343 e. The van der Waals surface area contributed by atoms with E-state index >= 15 is 0 Å². The molecule has 0 aromatic heterocycles. The predicted octanol–water partition coefficient (Wildman–Crippen LogP) is 3.30. The summed E-state index contributed by atoms with van der Waals surface area (Å²) in [6.07, 6.45) is 1.65. The van der Waals surface area contributed by atoms with Crippen molar-refractivity contribution in [1.82, 2.24) is 4.90 Å². The molecule has 1 aliphatic heterocycles. The molecule has 0 aliphatic carbocycles. The Bertz CT molecular complexity index is 764. The number of hydrogen-bond acceptors (Lipinski definition) is 7. The Morgan fingerprint density at radius 1 is 1.27 bits per heavy atom. The first-order valence-corrected chi connectivity index (χ1v) is 9.72. The van der Waals surface area contributed by atoms with E-state index < -0.39 is 5.97 Å². The molecule has 0 radical (unpaired) electrons. The van der Waals surface area contributed by atoms with Gasteiger partial charge in [0.05, 0.1) is 22.2 Å². The molecule has 1 fully saturated rings. The van der Waals surface area contributed by atoms with Gasteiger partial charge in [0.15, 0.2) is 18.1 Å². The number of ether oxygens (including phenoxy) is 3. The van der Waals surface area contributed by atoms with Gasteiger partial charge < -0.3 is 14.2 Å². The number of halogens is 1. The standard InChI is InChI=1S/C17H18INO6S/c1-4-19-16(21)13(26-17(19)22)8-10-6-11(18)15(12(7-10)24-5-2)25-9-14(20)23-3/h6-8H,4-5,9H2,1-3H3/b13-8+.